The van der Waals surface area contributed by atoms with Crippen LogP contribution in [-0.4, -0.2) is 34.1 Å². The predicted molar refractivity (Wildman–Crippen MR) is 63.0 cm³/mol. The van der Waals surface area contributed by atoms with Crippen molar-refractivity contribution in [3.8, 4) is 0 Å². The van der Waals surface area contributed by atoms with E-state index < -0.39 is 0 Å². The van der Waals surface area contributed by atoms with Gasteiger partial charge in [-0.15, -0.1) is 0 Å². The molecule has 0 aromatic carbocycles. The van der Waals surface area contributed by atoms with Gasteiger partial charge in [-0.05, 0) is 45.4 Å². The van der Waals surface area contributed by atoms with E-state index in [1.807, 2.05) is 4.90 Å². The first-order valence-corrected chi connectivity index (χ1v) is 6.47. The molecule has 1 N–H and O–H groups in total. The molecule has 1 saturated carbocycles. The Morgan fingerprint density at radius 3 is 2.62 bits per heavy atom. The fourth-order valence-electron chi connectivity index (χ4n) is 2.70. The summed E-state index contributed by atoms with van der Waals surface area (Å²) < 4.78 is 0. The summed E-state index contributed by atoms with van der Waals surface area (Å²) in [6.07, 6.45) is 5.80. The third-order valence-electron chi connectivity index (χ3n) is 4.20. The zero-order valence-corrected chi connectivity index (χ0v) is 10.4. The Morgan fingerprint density at radius 2 is 2.06 bits per heavy atom. The number of aliphatic hydroxyl groups is 1. The summed E-state index contributed by atoms with van der Waals surface area (Å²) >= 11 is 0. The van der Waals surface area contributed by atoms with Gasteiger partial charge in [0.2, 0.25) is 5.91 Å². The van der Waals surface area contributed by atoms with Crippen LogP contribution in [0.5, 0.6) is 0 Å². The number of hydrogen-bond donors (Lipinski definition) is 1. The van der Waals surface area contributed by atoms with Gasteiger partial charge in [0, 0.05) is 18.5 Å². The second-order valence-corrected chi connectivity index (χ2v) is 6.01. The number of nitrogens with zero attached hydrogens (tertiary/aromatic N) is 1. The molecule has 1 amide bonds. The number of aliphatic hydroxyl groups excluding tert-OH is 1. The fourth-order valence-corrected chi connectivity index (χ4v) is 2.70. The molecule has 1 aliphatic carbocycles. The largest absolute Gasteiger partial charge is 0.391 e. The molecule has 1 aliphatic heterocycles. The number of hydrogen-bond acceptors (Lipinski definition) is 2. The van der Waals surface area contributed by atoms with Crippen LogP contribution in [0.4, 0.5) is 0 Å². The van der Waals surface area contributed by atoms with Crippen molar-refractivity contribution in [3.63, 3.8) is 0 Å². The Kier molecular flexibility index (Phi) is 3.24. The molecular formula is C13H23NO2. The molecule has 0 aromatic heterocycles. The molecule has 2 aliphatic rings. The standard InChI is InChI=1S/C13H23NO2/c1-13(2)7-6-11(15)9-14(13)12(16)8-10-4-3-5-10/h10-11,15H,3-9H2,1-2H3. The molecule has 0 aromatic rings. The first kappa shape index (κ1) is 11.9. The average molecular weight is 225 g/mol. The second-order valence-electron chi connectivity index (χ2n) is 6.01. The van der Waals surface area contributed by atoms with Crippen LogP contribution >= 0.6 is 0 Å². The van der Waals surface area contributed by atoms with Crippen molar-refractivity contribution in [1.29, 1.82) is 0 Å². The molecule has 1 unspecified atom stereocenters. The molecular weight excluding hydrogens is 202 g/mol. The highest BCUT2D eigenvalue weighted by Crippen LogP contribution is 2.33. The van der Waals surface area contributed by atoms with Gasteiger partial charge in [0.1, 0.15) is 0 Å². The minimum absolute atomic E-state index is 0.0694. The van der Waals surface area contributed by atoms with Gasteiger partial charge in [-0.1, -0.05) is 6.42 Å². The molecule has 3 heteroatoms. The van der Waals surface area contributed by atoms with Crippen molar-refractivity contribution in [2.45, 2.75) is 64.0 Å². The zero-order chi connectivity index (χ0) is 11.8. The number of carbonyl (C=O) groups is 1. The van der Waals surface area contributed by atoms with Gasteiger partial charge in [-0.2, -0.15) is 0 Å². The molecule has 0 radical (unpaired) electrons. The van der Waals surface area contributed by atoms with E-state index in [9.17, 15) is 9.90 Å². The van der Waals surface area contributed by atoms with Crippen LogP contribution in [0.3, 0.4) is 0 Å². The fraction of sp³-hybridized carbons (Fsp3) is 0.923. The highest BCUT2D eigenvalue weighted by atomic mass is 16.3. The zero-order valence-electron chi connectivity index (χ0n) is 10.4. The molecule has 3 nitrogen and oxygen atoms in total. The Labute approximate surface area is 97.8 Å². The topological polar surface area (TPSA) is 40.5 Å². The summed E-state index contributed by atoms with van der Waals surface area (Å²) in [7, 11) is 0. The quantitative estimate of drug-likeness (QED) is 0.780. The normalized spacial score (nSPS) is 29.9. The van der Waals surface area contributed by atoms with Crippen molar-refractivity contribution in [2.24, 2.45) is 5.92 Å². The first-order valence-electron chi connectivity index (χ1n) is 6.47. The van der Waals surface area contributed by atoms with Gasteiger partial charge in [-0.3, -0.25) is 4.79 Å². The molecule has 0 bridgehead atoms. The van der Waals surface area contributed by atoms with Gasteiger partial charge < -0.3 is 10.0 Å². The maximum absolute atomic E-state index is 12.2. The molecule has 0 spiro atoms. The third kappa shape index (κ3) is 2.40. The predicted octanol–water partition coefficient (Wildman–Crippen LogP) is 1.94. The lowest BCUT2D eigenvalue weighted by atomic mass is 9.81. The van der Waals surface area contributed by atoms with Crippen LogP contribution < -0.4 is 0 Å². The van der Waals surface area contributed by atoms with Crippen LogP contribution in [0.15, 0.2) is 0 Å². The van der Waals surface area contributed by atoms with Crippen LogP contribution in [-0.2, 0) is 4.79 Å². The Hall–Kier alpha value is -0.570. The molecule has 1 atom stereocenters. The number of amides is 1. The number of likely N-dealkylation sites (tertiary alicyclic amines) is 1. The number of carbonyl (C=O) groups excluding carboxylic acids is 1. The van der Waals surface area contributed by atoms with Gasteiger partial charge in [0.05, 0.1) is 6.10 Å². The van der Waals surface area contributed by atoms with Crippen LogP contribution in [0.1, 0.15) is 52.4 Å². The maximum Gasteiger partial charge on any atom is 0.223 e. The first-order chi connectivity index (χ1) is 7.49. The van der Waals surface area contributed by atoms with E-state index in [2.05, 4.69) is 13.8 Å². The molecule has 16 heavy (non-hydrogen) atoms. The van der Waals surface area contributed by atoms with Crippen LogP contribution in [0.25, 0.3) is 0 Å². The van der Waals surface area contributed by atoms with E-state index in [4.69, 9.17) is 0 Å². The third-order valence-corrected chi connectivity index (χ3v) is 4.20. The van der Waals surface area contributed by atoms with Gasteiger partial charge in [0.15, 0.2) is 0 Å². The van der Waals surface area contributed by atoms with E-state index in [0.717, 1.165) is 12.8 Å². The van der Waals surface area contributed by atoms with E-state index in [1.165, 1.54) is 19.3 Å². The summed E-state index contributed by atoms with van der Waals surface area (Å²) in [5.74, 6) is 0.857. The highest BCUT2D eigenvalue weighted by Gasteiger charge is 2.37. The number of β-amino-alcohol motifs (C(OH)–C–C–N with tert-alkyl or cyclic N) is 1. The van der Waals surface area contributed by atoms with Gasteiger partial charge >= 0.3 is 0 Å². The molecule has 1 saturated heterocycles. The van der Waals surface area contributed by atoms with Crippen molar-refractivity contribution < 1.29 is 9.90 Å². The summed E-state index contributed by atoms with van der Waals surface area (Å²) in [6, 6.07) is 0. The van der Waals surface area contributed by atoms with Crippen molar-refractivity contribution >= 4 is 5.91 Å². The molecule has 92 valence electrons. The number of rotatable bonds is 2. The lowest BCUT2D eigenvalue weighted by Gasteiger charge is -2.45. The highest BCUT2D eigenvalue weighted by molar-refractivity contribution is 5.77. The van der Waals surface area contributed by atoms with Crippen LogP contribution in [0.2, 0.25) is 0 Å². The smallest absolute Gasteiger partial charge is 0.223 e. The molecule has 2 rings (SSSR count). The van der Waals surface area contributed by atoms with Crippen molar-refractivity contribution in [2.75, 3.05) is 6.54 Å². The average Bonchev–Trinajstić information content (AvgIpc) is 2.15. The van der Waals surface area contributed by atoms with Crippen LogP contribution in [0, 0.1) is 5.92 Å². The lowest BCUT2D eigenvalue weighted by molar-refractivity contribution is -0.143. The van der Waals surface area contributed by atoms with E-state index in [0.29, 0.717) is 18.9 Å². The monoisotopic (exact) mass is 225 g/mol. The SMILES string of the molecule is CC1(C)CCC(O)CN1C(=O)CC1CCC1. The van der Waals surface area contributed by atoms with Gasteiger partial charge in [0.25, 0.3) is 0 Å². The van der Waals surface area contributed by atoms with E-state index in [1.54, 1.807) is 0 Å². The van der Waals surface area contributed by atoms with Gasteiger partial charge in [-0.25, -0.2) is 0 Å². The Bertz CT molecular complexity index is 271. The van der Waals surface area contributed by atoms with E-state index in [-0.39, 0.29) is 17.6 Å². The minimum atomic E-state index is -0.321. The Morgan fingerprint density at radius 1 is 1.38 bits per heavy atom. The molecule has 1 heterocycles. The summed E-state index contributed by atoms with van der Waals surface area (Å²) in [6.45, 7) is 4.74. The maximum atomic E-state index is 12.2. The van der Waals surface area contributed by atoms with Crippen molar-refractivity contribution in [1.82, 2.24) is 4.90 Å². The number of piperidine rings is 1. The minimum Gasteiger partial charge on any atom is -0.391 e. The summed E-state index contributed by atoms with van der Waals surface area (Å²) in [5, 5.41) is 9.67. The summed E-state index contributed by atoms with van der Waals surface area (Å²) in [4.78, 5) is 14.1. The summed E-state index contributed by atoms with van der Waals surface area (Å²) in [5.41, 5.74) is -0.0694. The van der Waals surface area contributed by atoms with E-state index >= 15 is 0 Å². The lowest BCUT2D eigenvalue weighted by Crippen LogP contribution is -2.55. The second kappa shape index (κ2) is 4.36. The Balaban J connectivity index is 1.95. The molecule has 2 fully saturated rings. The van der Waals surface area contributed by atoms with Crippen molar-refractivity contribution in [3.05, 3.63) is 0 Å².